The van der Waals surface area contributed by atoms with E-state index in [0.29, 0.717) is 54.0 Å². The maximum absolute atomic E-state index is 13.3. The van der Waals surface area contributed by atoms with E-state index in [0.717, 1.165) is 17.8 Å². The number of halogens is 1. The second-order valence-electron chi connectivity index (χ2n) is 7.77. The number of amides is 1. The first-order valence-corrected chi connectivity index (χ1v) is 11.9. The van der Waals surface area contributed by atoms with E-state index in [-0.39, 0.29) is 24.0 Å². The molecule has 3 aromatic rings. The Morgan fingerprint density at radius 3 is 2.47 bits per heavy atom. The molecule has 0 spiro atoms. The van der Waals surface area contributed by atoms with E-state index in [1.807, 2.05) is 6.07 Å². The fourth-order valence-electron chi connectivity index (χ4n) is 3.72. The molecule has 192 valence electrons. The minimum Gasteiger partial charge on any atom is -0.495 e. The second kappa shape index (κ2) is 12.6. The number of hydrogen-bond donors (Lipinski definition) is 0. The molecular weight excluding hydrogens is 508 g/mol. The highest BCUT2D eigenvalue weighted by Gasteiger charge is 2.22. The second-order valence-corrected chi connectivity index (χ2v) is 8.75. The van der Waals surface area contributed by atoms with Gasteiger partial charge in [0.25, 0.3) is 11.6 Å². The Bertz CT molecular complexity index is 1190. The summed E-state index contributed by atoms with van der Waals surface area (Å²) in [5, 5.41) is 11.4. The Hall–Kier alpha value is -3.25. The van der Waals surface area contributed by atoms with Crippen LogP contribution in [0, 0.1) is 10.1 Å². The summed E-state index contributed by atoms with van der Waals surface area (Å²) in [6.07, 6.45) is 3.10. The highest BCUT2D eigenvalue weighted by atomic mass is 35.5. The van der Waals surface area contributed by atoms with Crippen molar-refractivity contribution in [3.05, 3.63) is 58.2 Å². The maximum atomic E-state index is 13.3. The molecule has 4 rings (SSSR count). The van der Waals surface area contributed by atoms with Crippen LogP contribution < -0.4 is 14.4 Å². The summed E-state index contributed by atoms with van der Waals surface area (Å²) in [5.41, 5.74) is 1.32. The van der Waals surface area contributed by atoms with E-state index in [9.17, 15) is 14.9 Å². The average molecular weight is 535 g/mol. The lowest BCUT2D eigenvalue weighted by molar-refractivity contribution is -0.384. The van der Waals surface area contributed by atoms with Crippen LogP contribution in [0.5, 0.6) is 11.5 Å². The predicted octanol–water partition coefficient (Wildman–Crippen LogP) is 4.02. The molecule has 0 aliphatic carbocycles. The van der Waals surface area contributed by atoms with Gasteiger partial charge in [-0.1, -0.05) is 11.3 Å². The number of aromatic nitrogens is 1. The third kappa shape index (κ3) is 6.30. The molecule has 0 radical (unpaired) electrons. The zero-order valence-corrected chi connectivity index (χ0v) is 21.5. The third-order valence-electron chi connectivity index (χ3n) is 5.66. The Morgan fingerprint density at radius 1 is 1.17 bits per heavy atom. The number of anilines is 1. The quantitative estimate of drug-likeness (QED) is 0.230. The lowest BCUT2D eigenvalue weighted by Crippen LogP contribution is -2.42. The molecule has 1 amide bonds. The van der Waals surface area contributed by atoms with Crippen LogP contribution in [0.3, 0.4) is 0 Å². The van der Waals surface area contributed by atoms with Crippen LogP contribution in [0.25, 0.3) is 16.3 Å². The molecule has 1 aliphatic rings. The van der Waals surface area contributed by atoms with Crippen LogP contribution in [0.15, 0.2) is 42.5 Å². The van der Waals surface area contributed by atoms with Gasteiger partial charge in [0, 0.05) is 44.4 Å². The molecule has 1 saturated heterocycles. The van der Waals surface area contributed by atoms with Crippen molar-refractivity contribution in [2.45, 2.75) is 0 Å². The molecule has 36 heavy (non-hydrogen) atoms. The molecule has 0 atom stereocenters. The van der Waals surface area contributed by atoms with Crippen LogP contribution in [-0.4, -0.2) is 74.3 Å². The number of benzene rings is 2. The number of carbonyl (C=O) groups is 1. The standard InChI is InChI=1S/C24H26N4O6S.ClH/c1-32-19-8-9-20(33-2)23-22(19)25-24(35-23)27(12-11-26-13-15-34-16-14-26)21(29)10-5-17-3-6-18(7-4-17)28(30)31;/h3-10H,11-16H2,1-2H3;1H/b10-5+;. The van der Waals surface area contributed by atoms with Gasteiger partial charge in [-0.05, 0) is 35.9 Å². The van der Waals surface area contributed by atoms with Crippen LogP contribution in [0.2, 0.25) is 0 Å². The monoisotopic (exact) mass is 534 g/mol. The molecule has 0 bridgehead atoms. The van der Waals surface area contributed by atoms with Crippen LogP contribution in [-0.2, 0) is 9.53 Å². The first-order chi connectivity index (χ1) is 17.0. The van der Waals surface area contributed by atoms with Gasteiger partial charge >= 0.3 is 0 Å². The van der Waals surface area contributed by atoms with Gasteiger partial charge in [0.1, 0.15) is 21.7 Å². The van der Waals surface area contributed by atoms with Gasteiger partial charge < -0.3 is 14.2 Å². The van der Waals surface area contributed by atoms with Crippen molar-refractivity contribution in [2.75, 3.05) is 58.5 Å². The number of rotatable bonds is 9. The van der Waals surface area contributed by atoms with Gasteiger partial charge in [-0.3, -0.25) is 24.7 Å². The molecular formula is C24H27ClN4O6S. The van der Waals surface area contributed by atoms with Crippen molar-refractivity contribution in [1.29, 1.82) is 0 Å². The summed E-state index contributed by atoms with van der Waals surface area (Å²) in [5.74, 6) is 1.02. The molecule has 2 aromatic carbocycles. The number of nitrogens with zero attached hydrogens (tertiary/aromatic N) is 4. The van der Waals surface area contributed by atoms with Gasteiger partial charge in [-0.25, -0.2) is 4.98 Å². The molecule has 1 fully saturated rings. The first kappa shape index (κ1) is 27.3. The molecule has 1 aliphatic heterocycles. The minimum atomic E-state index is -0.457. The molecule has 0 saturated carbocycles. The van der Waals surface area contributed by atoms with Crippen LogP contribution >= 0.6 is 23.7 Å². The number of morpholine rings is 1. The van der Waals surface area contributed by atoms with Gasteiger partial charge in [-0.2, -0.15) is 0 Å². The van der Waals surface area contributed by atoms with E-state index < -0.39 is 4.92 Å². The number of non-ortho nitro benzene ring substituents is 1. The summed E-state index contributed by atoms with van der Waals surface area (Å²) in [7, 11) is 3.17. The average Bonchev–Trinajstić information content (AvgIpc) is 3.33. The van der Waals surface area contributed by atoms with Crippen LogP contribution in [0.1, 0.15) is 5.56 Å². The van der Waals surface area contributed by atoms with Crippen molar-refractivity contribution < 1.29 is 23.9 Å². The van der Waals surface area contributed by atoms with E-state index in [4.69, 9.17) is 19.2 Å². The summed E-state index contributed by atoms with van der Waals surface area (Å²) in [4.78, 5) is 32.4. The van der Waals surface area contributed by atoms with E-state index in [2.05, 4.69) is 4.90 Å². The van der Waals surface area contributed by atoms with Crippen molar-refractivity contribution in [1.82, 2.24) is 9.88 Å². The molecule has 1 aromatic heterocycles. The lowest BCUT2D eigenvalue weighted by atomic mass is 10.2. The molecule has 0 unspecified atom stereocenters. The Kier molecular flexibility index (Phi) is 9.59. The van der Waals surface area contributed by atoms with Crippen molar-refractivity contribution in [3.63, 3.8) is 0 Å². The molecule has 10 nitrogen and oxygen atoms in total. The maximum Gasteiger partial charge on any atom is 0.269 e. The van der Waals surface area contributed by atoms with Gasteiger partial charge in [-0.15, -0.1) is 12.4 Å². The van der Waals surface area contributed by atoms with Gasteiger partial charge in [0.05, 0.1) is 32.4 Å². The van der Waals surface area contributed by atoms with E-state index in [1.54, 1.807) is 43.4 Å². The number of nitro groups is 1. The van der Waals surface area contributed by atoms with Crippen molar-refractivity contribution in [3.8, 4) is 11.5 Å². The summed E-state index contributed by atoms with van der Waals surface area (Å²) in [6, 6.07) is 9.64. The number of carbonyl (C=O) groups excluding carboxylic acids is 1. The largest absolute Gasteiger partial charge is 0.495 e. The molecule has 2 heterocycles. The Labute approximate surface area is 218 Å². The SMILES string of the molecule is COc1ccc(OC)c2sc(N(CCN3CCOCC3)C(=O)/C=C/c3ccc([N+](=O)[O-])cc3)nc12.Cl. The summed E-state index contributed by atoms with van der Waals surface area (Å²) < 4.78 is 17.2. The van der Waals surface area contributed by atoms with Gasteiger partial charge in [0.15, 0.2) is 5.13 Å². The highest BCUT2D eigenvalue weighted by molar-refractivity contribution is 7.22. The van der Waals surface area contributed by atoms with Gasteiger partial charge in [0.2, 0.25) is 0 Å². The lowest BCUT2D eigenvalue weighted by Gasteiger charge is -2.28. The summed E-state index contributed by atoms with van der Waals surface area (Å²) in [6.45, 7) is 4.07. The predicted molar refractivity (Wildman–Crippen MR) is 142 cm³/mol. The number of methoxy groups -OCH3 is 2. The number of hydrogen-bond acceptors (Lipinski definition) is 9. The fraction of sp³-hybridized carbons (Fsp3) is 0.333. The Morgan fingerprint density at radius 2 is 1.83 bits per heavy atom. The van der Waals surface area contributed by atoms with E-state index >= 15 is 0 Å². The van der Waals surface area contributed by atoms with Crippen molar-refractivity contribution >= 4 is 56.8 Å². The smallest absolute Gasteiger partial charge is 0.269 e. The number of fused-ring (bicyclic) bond motifs is 1. The zero-order valence-electron chi connectivity index (χ0n) is 19.9. The van der Waals surface area contributed by atoms with Crippen molar-refractivity contribution in [2.24, 2.45) is 0 Å². The topological polar surface area (TPSA) is 107 Å². The molecule has 0 N–H and O–H groups in total. The fourth-order valence-corrected chi connectivity index (χ4v) is 4.83. The number of thiazole rings is 1. The van der Waals surface area contributed by atoms with E-state index in [1.165, 1.54) is 29.5 Å². The number of nitro benzene ring substituents is 1. The van der Waals surface area contributed by atoms with Crippen LogP contribution in [0.4, 0.5) is 10.8 Å². The normalized spacial score (nSPS) is 13.9. The zero-order chi connectivity index (χ0) is 24.8. The highest BCUT2D eigenvalue weighted by Crippen LogP contribution is 2.40. The first-order valence-electron chi connectivity index (χ1n) is 11.1. The third-order valence-corrected chi connectivity index (χ3v) is 6.75. The minimum absolute atomic E-state index is 0. The summed E-state index contributed by atoms with van der Waals surface area (Å²) >= 11 is 1.36. The molecule has 12 heteroatoms. The number of ether oxygens (including phenoxy) is 3. The Balaban J connectivity index is 0.00000361.